The van der Waals surface area contributed by atoms with Crippen LogP contribution in [0.15, 0.2) is 12.1 Å². The average Bonchev–Trinajstić information content (AvgIpc) is 2.54. The molecular weight excluding hydrogens is 338 g/mol. The minimum Gasteiger partial charge on any atom is -0.468 e. The Morgan fingerprint density at radius 1 is 1.12 bits per heavy atom. The van der Waals surface area contributed by atoms with Gasteiger partial charge in [-0.05, 0) is 43.4 Å². The van der Waals surface area contributed by atoms with Gasteiger partial charge in [0.15, 0.2) is 5.12 Å². The number of rotatable bonds is 7. The number of methoxy groups -OCH3 is 1. The quantitative estimate of drug-likeness (QED) is 0.693. The van der Waals surface area contributed by atoms with Gasteiger partial charge in [0, 0.05) is 6.42 Å². The number of nitrogens with zero attached hydrogens (tertiary/aromatic N) is 1. The number of benzene rings is 1. The van der Waals surface area contributed by atoms with Gasteiger partial charge in [-0.1, -0.05) is 37.7 Å². The molecule has 0 aromatic heterocycles. The number of carbonyl (C=O) groups excluding carboxylic acids is 3. The highest BCUT2D eigenvalue weighted by Gasteiger charge is 2.24. The first kappa shape index (κ1) is 21.2. The topological polar surface area (TPSA) is 63.7 Å². The van der Waals surface area contributed by atoms with Crippen molar-refractivity contribution < 1.29 is 19.1 Å². The first-order valence-corrected chi connectivity index (χ1v) is 9.25. The summed E-state index contributed by atoms with van der Waals surface area (Å²) >= 11 is 1.00. The van der Waals surface area contributed by atoms with Crippen molar-refractivity contribution in [1.82, 2.24) is 0 Å². The molecule has 0 aliphatic carbocycles. The van der Waals surface area contributed by atoms with E-state index in [4.69, 9.17) is 4.74 Å². The number of ether oxygens (including phenoxy) is 1. The van der Waals surface area contributed by atoms with Crippen LogP contribution in [0.5, 0.6) is 0 Å². The van der Waals surface area contributed by atoms with Gasteiger partial charge in [0.1, 0.15) is 6.54 Å². The summed E-state index contributed by atoms with van der Waals surface area (Å²) in [6, 6.07) is 3.90. The maximum atomic E-state index is 12.7. The summed E-state index contributed by atoms with van der Waals surface area (Å²) < 4.78 is 4.73. The van der Waals surface area contributed by atoms with Gasteiger partial charge in [-0.2, -0.15) is 0 Å². The molecule has 25 heavy (non-hydrogen) atoms. The van der Waals surface area contributed by atoms with Gasteiger partial charge < -0.3 is 4.74 Å². The molecule has 0 aliphatic rings. The first-order valence-electron chi connectivity index (χ1n) is 8.27. The van der Waals surface area contributed by atoms with Crippen molar-refractivity contribution in [3.05, 3.63) is 28.8 Å². The molecule has 0 unspecified atom stereocenters. The average molecular weight is 365 g/mol. The van der Waals surface area contributed by atoms with E-state index in [1.165, 1.54) is 12.0 Å². The van der Waals surface area contributed by atoms with E-state index in [1.807, 2.05) is 46.8 Å². The Labute approximate surface area is 154 Å². The predicted molar refractivity (Wildman–Crippen MR) is 102 cm³/mol. The maximum absolute atomic E-state index is 12.7. The zero-order valence-corrected chi connectivity index (χ0v) is 16.7. The van der Waals surface area contributed by atoms with Crippen molar-refractivity contribution in [2.75, 3.05) is 24.3 Å². The Morgan fingerprint density at radius 2 is 1.72 bits per heavy atom. The van der Waals surface area contributed by atoms with Gasteiger partial charge in [-0.15, -0.1) is 0 Å². The van der Waals surface area contributed by atoms with E-state index < -0.39 is 5.97 Å². The Bertz CT molecular complexity index is 655. The van der Waals surface area contributed by atoms with E-state index in [0.29, 0.717) is 12.1 Å². The maximum Gasteiger partial charge on any atom is 0.325 e. The molecule has 0 aliphatic heterocycles. The molecule has 0 spiro atoms. The number of thioether (sulfide) groups is 1. The lowest BCUT2D eigenvalue weighted by Gasteiger charge is -2.26. The normalized spacial score (nSPS) is 10.7. The van der Waals surface area contributed by atoms with Crippen LogP contribution in [-0.2, 0) is 19.1 Å². The smallest absolute Gasteiger partial charge is 0.325 e. The summed E-state index contributed by atoms with van der Waals surface area (Å²) in [6.07, 6.45) is 0.428. The van der Waals surface area contributed by atoms with Crippen LogP contribution in [0.25, 0.3) is 0 Å². The number of hydrogen-bond acceptors (Lipinski definition) is 5. The molecule has 0 bridgehead atoms. The second kappa shape index (κ2) is 9.61. The Morgan fingerprint density at radius 3 is 2.28 bits per heavy atom. The zero-order chi connectivity index (χ0) is 19.1. The van der Waals surface area contributed by atoms with Gasteiger partial charge in [0.2, 0.25) is 5.91 Å². The van der Waals surface area contributed by atoms with Gasteiger partial charge in [-0.25, -0.2) is 0 Å². The molecule has 0 atom stereocenters. The minimum absolute atomic E-state index is 0.00930. The summed E-state index contributed by atoms with van der Waals surface area (Å²) in [6.45, 7) is 9.54. The molecule has 0 radical (unpaired) electrons. The summed E-state index contributed by atoms with van der Waals surface area (Å²) in [5, 5.41) is -0.0148. The summed E-state index contributed by atoms with van der Waals surface area (Å²) in [5.41, 5.74) is 3.59. The van der Waals surface area contributed by atoms with Crippen LogP contribution in [0.2, 0.25) is 0 Å². The molecule has 6 heteroatoms. The standard InChI is InChI=1S/C19H27NO4S/c1-12(2)9-18(23)25-11-16(21)20(10-17(22)24-6)19-14(4)8-7-13(3)15(19)5/h7-8,12H,9-11H2,1-6H3. The van der Waals surface area contributed by atoms with Crippen LogP contribution in [0, 0.1) is 26.7 Å². The molecule has 138 valence electrons. The summed E-state index contributed by atoms with van der Waals surface area (Å²) in [4.78, 5) is 37.9. The monoisotopic (exact) mass is 365 g/mol. The number of amides is 1. The van der Waals surface area contributed by atoms with Crippen molar-refractivity contribution in [3.63, 3.8) is 0 Å². The highest BCUT2D eigenvalue weighted by atomic mass is 32.2. The predicted octanol–water partition coefficient (Wildman–Crippen LogP) is 3.42. The fourth-order valence-electron chi connectivity index (χ4n) is 2.45. The van der Waals surface area contributed by atoms with Crippen molar-refractivity contribution in [3.8, 4) is 0 Å². The van der Waals surface area contributed by atoms with E-state index >= 15 is 0 Å². The van der Waals surface area contributed by atoms with Crippen LogP contribution < -0.4 is 4.90 Å². The summed E-state index contributed by atoms with van der Waals surface area (Å²) in [7, 11) is 1.29. The lowest BCUT2D eigenvalue weighted by atomic mass is 10.0. The van der Waals surface area contributed by atoms with Gasteiger partial charge in [-0.3, -0.25) is 19.3 Å². The molecule has 1 rings (SSSR count). The lowest BCUT2D eigenvalue weighted by molar-refractivity contribution is -0.139. The molecule has 5 nitrogen and oxygen atoms in total. The van der Waals surface area contributed by atoms with Crippen molar-refractivity contribution in [2.24, 2.45) is 5.92 Å². The van der Waals surface area contributed by atoms with E-state index in [1.54, 1.807) is 0 Å². The van der Waals surface area contributed by atoms with Crippen LogP contribution in [0.4, 0.5) is 5.69 Å². The molecule has 0 saturated carbocycles. The Balaban J connectivity index is 3.05. The van der Waals surface area contributed by atoms with E-state index in [-0.39, 0.29) is 29.2 Å². The minimum atomic E-state index is -0.493. The molecule has 1 aromatic rings. The lowest BCUT2D eigenvalue weighted by Crippen LogP contribution is -2.38. The molecular formula is C19H27NO4S. The number of esters is 1. The Kier molecular flexibility index (Phi) is 8.16. The van der Waals surface area contributed by atoms with Gasteiger partial charge >= 0.3 is 5.97 Å². The zero-order valence-electron chi connectivity index (χ0n) is 15.8. The van der Waals surface area contributed by atoms with Crippen LogP contribution in [0.3, 0.4) is 0 Å². The van der Waals surface area contributed by atoms with Crippen LogP contribution in [-0.4, -0.2) is 36.4 Å². The van der Waals surface area contributed by atoms with Crippen molar-refractivity contribution >= 4 is 34.4 Å². The van der Waals surface area contributed by atoms with E-state index in [9.17, 15) is 14.4 Å². The SMILES string of the molecule is COC(=O)CN(C(=O)CSC(=O)CC(C)C)c1c(C)ccc(C)c1C. The third-order valence-electron chi connectivity index (χ3n) is 3.92. The van der Waals surface area contributed by atoms with Crippen LogP contribution in [0.1, 0.15) is 37.0 Å². The molecule has 0 heterocycles. The summed E-state index contributed by atoms with van der Waals surface area (Å²) in [5.74, 6) is -0.506. The second-order valence-corrected chi connectivity index (χ2v) is 7.52. The van der Waals surface area contributed by atoms with Crippen molar-refractivity contribution in [1.29, 1.82) is 0 Å². The first-order chi connectivity index (χ1) is 11.7. The molecule has 0 fully saturated rings. The van der Waals surface area contributed by atoms with E-state index in [0.717, 1.165) is 28.5 Å². The second-order valence-electron chi connectivity index (χ2n) is 6.49. The number of aryl methyl sites for hydroxylation is 2. The number of carbonyl (C=O) groups is 3. The number of anilines is 1. The third-order valence-corrected chi connectivity index (χ3v) is 4.80. The highest BCUT2D eigenvalue weighted by Crippen LogP contribution is 2.28. The van der Waals surface area contributed by atoms with Gasteiger partial charge in [0.25, 0.3) is 0 Å². The molecule has 1 aromatic carbocycles. The number of hydrogen-bond donors (Lipinski definition) is 0. The van der Waals surface area contributed by atoms with Crippen LogP contribution >= 0.6 is 11.8 Å². The fourth-order valence-corrected chi connectivity index (χ4v) is 3.34. The van der Waals surface area contributed by atoms with E-state index in [2.05, 4.69) is 0 Å². The van der Waals surface area contributed by atoms with Gasteiger partial charge in [0.05, 0.1) is 18.6 Å². The molecule has 0 N–H and O–H groups in total. The highest BCUT2D eigenvalue weighted by molar-refractivity contribution is 8.14. The largest absolute Gasteiger partial charge is 0.468 e. The Hall–Kier alpha value is -1.82. The van der Waals surface area contributed by atoms with Crippen molar-refractivity contribution in [2.45, 2.75) is 41.0 Å². The molecule has 1 amide bonds. The third kappa shape index (κ3) is 6.20. The fraction of sp³-hybridized carbons (Fsp3) is 0.526. The molecule has 0 saturated heterocycles.